The Hall–Kier alpha value is -1.83. The SMILES string of the molecule is COc1cc(C(C)C)ccc1C(C)CCC(C)c1ccc(C(C)C)c(F)c1. The Balaban J connectivity index is 2.06. The lowest BCUT2D eigenvalue weighted by Gasteiger charge is -2.20. The third-order valence-corrected chi connectivity index (χ3v) is 5.70. The molecule has 27 heavy (non-hydrogen) atoms. The van der Waals surface area contributed by atoms with Crippen LogP contribution in [0.3, 0.4) is 0 Å². The van der Waals surface area contributed by atoms with Gasteiger partial charge in [0.2, 0.25) is 0 Å². The van der Waals surface area contributed by atoms with Gasteiger partial charge in [-0.3, -0.25) is 0 Å². The van der Waals surface area contributed by atoms with E-state index in [1.165, 1.54) is 11.1 Å². The molecule has 0 radical (unpaired) electrons. The Labute approximate surface area is 165 Å². The molecule has 2 rings (SSSR count). The molecule has 0 saturated heterocycles. The number of hydrogen-bond acceptors (Lipinski definition) is 1. The summed E-state index contributed by atoms with van der Waals surface area (Å²) in [5.74, 6) is 2.36. The Morgan fingerprint density at radius 1 is 0.741 bits per heavy atom. The molecule has 1 nitrogen and oxygen atoms in total. The van der Waals surface area contributed by atoms with Crippen LogP contribution in [0.25, 0.3) is 0 Å². The molecule has 2 unspecified atom stereocenters. The van der Waals surface area contributed by atoms with Crippen LogP contribution in [-0.4, -0.2) is 7.11 Å². The molecule has 0 aromatic heterocycles. The average molecular weight is 371 g/mol. The fourth-order valence-corrected chi connectivity index (χ4v) is 3.63. The molecule has 148 valence electrons. The van der Waals surface area contributed by atoms with Crippen LogP contribution in [-0.2, 0) is 0 Å². The van der Waals surface area contributed by atoms with E-state index in [9.17, 15) is 4.39 Å². The predicted octanol–water partition coefficient (Wildman–Crippen LogP) is 7.77. The van der Waals surface area contributed by atoms with E-state index in [0.717, 1.165) is 29.7 Å². The van der Waals surface area contributed by atoms with Crippen molar-refractivity contribution >= 4 is 0 Å². The van der Waals surface area contributed by atoms with Crippen molar-refractivity contribution in [3.63, 3.8) is 0 Å². The summed E-state index contributed by atoms with van der Waals surface area (Å²) in [7, 11) is 1.75. The first kappa shape index (κ1) is 21.5. The third kappa shape index (κ3) is 5.34. The monoisotopic (exact) mass is 370 g/mol. The Morgan fingerprint density at radius 2 is 1.33 bits per heavy atom. The summed E-state index contributed by atoms with van der Waals surface area (Å²) in [4.78, 5) is 0. The molecule has 0 aliphatic rings. The molecule has 0 bridgehead atoms. The molecular formula is C25H35FO. The van der Waals surface area contributed by atoms with E-state index in [2.05, 4.69) is 52.0 Å². The van der Waals surface area contributed by atoms with Gasteiger partial charge >= 0.3 is 0 Å². The van der Waals surface area contributed by atoms with E-state index in [1.54, 1.807) is 13.2 Å². The first-order chi connectivity index (χ1) is 12.7. The largest absolute Gasteiger partial charge is 0.496 e. The van der Waals surface area contributed by atoms with E-state index in [4.69, 9.17) is 4.74 Å². The topological polar surface area (TPSA) is 9.23 Å². The van der Waals surface area contributed by atoms with Crippen LogP contribution in [0, 0.1) is 5.82 Å². The van der Waals surface area contributed by atoms with Crippen molar-refractivity contribution in [1.82, 2.24) is 0 Å². The van der Waals surface area contributed by atoms with Crippen molar-refractivity contribution in [1.29, 1.82) is 0 Å². The lowest BCUT2D eigenvalue weighted by atomic mass is 9.87. The van der Waals surface area contributed by atoms with Gasteiger partial charge < -0.3 is 4.74 Å². The van der Waals surface area contributed by atoms with Gasteiger partial charge in [-0.15, -0.1) is 0 Å². The summed E-state index contributed by atoms with van der Waals surface area (Å²) >= 11 is 0. The first-order valence-corrected chi connectivity index (χ1v) is 10.2. The van der Waals surface area contributed by atoms with Crippen LogP contribution in [0.5, 0.6) is 5.75 Å². The van der Waals surface area contributed by atoms with E-state index >= 15 is 0 Å². The molecule has 0 saturated carbocycles. The highest BCUT2D eigenvalue weighted by molar-refractivity contribution is 5.40. The second-order valence-corrected chi connectivity index (χ2v) is 8.47. The number of halogens is 1. The fraction of sp³-hybridized carbons (Fsp3) is 0.520. The summed E-state index contributed by atoms with van der Waals surface area (Å²) in [6.07, 6.45) is 2.07. The molecule has 0 spiro atoms. The highest BCUT2D eigenvalue weighted by Crippen LogP contribution is 2.35. The number of rotatable bonds is 8. The lowest BCUT2D eigenvalue weighted by Crippen LogP contribution is -2.03. The number of benzene rings is 2. The zero-order chi connectivity index (χ0) is 20.1. The molecule has 0 aliphatic heterocycles. The van der Waals surface area contributed by atoms with Crippen LogP contribution in [0.2, 0.25) is 0 Å². The van der Waals surface area contributed by atoms with Gasteiger partial charge in [-0.2, -0.15) is 0 Å². The van der Waals surface area contributed by atoms with Gasteiger partial charge in [0.25, 0.3) is 0 Å². The molecule has 0 amide bonds. The molecule has 0 N–H and O–H groups in total. The van der Waals surface area contributed by atoms with Crippen molar-refractivity contribution in [3.05, 3.63) is 64.5 Å². The molecule has 2 aromatic carbocycles. The molecule has 2 atom stereocenters. The highest BCUT2D eigenvalue weighted by atomic mass is 19.1. The molecule has 0 fully saturated rings. The van der Waals surface area contributed by atoms with Gasteiger partial charge in [-0.25, -0.2) is 4.39 Å². The molecular weight excluding hydrogens is 335 g/mol. The maximum atomic E-state index is 14.3. The predicted molar refractivity (Wildman–Crippen MR) is 114 cm³/mol. The zero-order valence-corrected chi connectivity index (χ0v) is 18.0. The van der Waals surface area contributed by atoms with Crippen molar-refractivity contribution in [2.45, 2.75) is 78.1 Å². The van der Waals surface area contributed by atoms with Gasteiger partial charge in [0.15, 0.2) is 0 Å². The number of ether oxygens (including phenoxy) is 1. The summed E-state index contributed by atoms with van der Waals surface area (Å²) in [6.45, 7) is 12.9. The van der Waals surface area contributed by atoms with Crippen molar-refractivity contribution in [2.24, 2.45) is 0 Å². The van der Waals surface area contributed by atoms with E-state index in [1.807, 2.05) is 19.9 Å². The Kier molecular flexibility index (Phi) is 7.47. The van der Waals surface area contributed by atoms with E-state index < -0.39 is 0 Å². The summed E-state index contributed by atoms with van der Waals surface area (Å²) in [5, 5.41) is 0. The van der Waals surface area contributed by atoms with Crippen molar-refractivity contribution in [2.75, 3.05) is 7.11 Å². The van der Waals surface area contributed by atoms with E-state index in [0.29, 0.717) is 17.8 Å². The minimum atomic E-state index is -0.0756. The van der Waals surface area contributed by atoms with Gasteiger partial charge in [-0.05, 0) is 70.9 Å². The smallest absolute Gasteiger partial charge is 0.126 e. The minimum absolute atomic E-state index is 0.0756. The van der Waals surface area contributed by atoms with Crippen LogP contribution in [0.4, 0.5) is 4.39 Å². The average Bonchev–Trinajstić information content (AvgIpc) is 2.64. The van der Waals surface area contributed by atoms with E-state index in [-0.39, 0.29) is 11.7 Å². The summed E-state index contributed by atoms with van der Waals surface area (Å²) in [6, 6.07) is 12.3. The van der Waals surface area contributed by atoms with Crippen LogP contribution in [0.15, 0.2) is 36.4 Å². The lowest BCUT2D eigenvalue weighted by molar-refractivity contribution is 0.403. The minimum Gasteiger partial charge on any atom is -0.496 e. The standard InChI is InChI=1S/C25H35FO/c1-16(2)20-10-13-23(25(15-20)27-7)19(6)9-8-18(5)21-11-12-22(17(3)4)24(26)14-21/h10-19H,8-9H2,1-7H3. The van der Waals surface area contributed by atoms with Crippen LogP contribution >= 0.6 is 0 Å². The second-order valence-electron chi connectivity index (χ2n) is 8.47. The normalized spacial score (nSPS) is 13.9. The van der Waals surface area contributed by atoms with Crippen molar-refractivity contribution in [3.8, 4) is 5.75 Å². The summed E-state index contributed by atoms with van der Waals surface area (Å²) in [5.41, 5.74) is 4.45. The fourth-order valence-electron chi connectivity index (χ4n) is 3.63. The molecule has 2 heteroatoms. The van der Waals surface area contributed by atoms with Gasteiger partial charge in [0, 0.05) is 0 Å². The van der Waals surface area contributed by atoms with Crippen LogP contribution < -0.4 is 4.74 Å². The molecule has 2 aromatic rings. The maximum Gasteiger partial charge on any atom is 0.126 e. The Morgan fingerprint density at radius 3 is 1.89 bits per heavy atom. The van der Waals surface area contributed by atoms with Gasteiger partial charge in [0.1, 0.15) is 11.6 Å². The highest BCUT2D eigenvalue weighted by Gasteiger charge is 2.16. The molecule has 0 aliphatic carbocycles. The number of methoxy groups -OCH3 is 1. The van der Waals surface area contributed by atoms with Crippen LogP contribution in [0.1, 0.15) is 100 Å². The first-order valence-electron chi connectivity index (χ1n) is 10.2. The van der Waals surface area contributed by atoms with Crippen molar-refractivity contribution < 1.29 is 9.13 Å². The molecule has 0 heterocycles. The Bertz CT molecular complexity index is 748. The maximum absolute atomic E-state index is 14.3. The van der Waals surface area contributed by atoms with Gasteiger partial charge in [-0.1, -0.05) is 65.8 Å². The number of hydrogen-bond donors (Lipinski definition) is 0. The third-order valence-electron chi connectivity index (χ3n) is 5.70. The summed E-state index contributed by atoms with van der Waals surface area (Å²) < 4.78 is 20.0. The zero-order valence-electron chi connectivity index (χ0n) is 18.0. The van der Waals surface area contributed by atoms with Gasteiger partial charge in [0.05, 0.1) is 7.11 Å². The quantitative estimate of drug-likeness (QED) is 0.461. The second kappa shape index (κ2) is 9.39.